The maximum atomic E-state index is 12.5. The number of ether oxygens (including phenoxy) is 3. The molecule has 2 aromatic carbocycles. The first-order valence-electron chi connectivity index (χ1n) is 9.45. The molecule has 0 aromatic heterocycles. The van der Waals surface area contributed by atoms with E-state index in [1.807, 2.05) is 0 Å². The number of methoxy groups -OCH3 is 1. The number of carboxylic acids is 1. The van der Waals surface area contributed by atoms with Crippen LogP contribution in [0.2, 0.25) is 0 Å². The Hall–Kier alpha value is -3.88. The molecule has 31 heavy (non-hydrogen) atoms. The second-order valence-electron chi connectivity index (χ2n) is 6.64. The van der Waals surface area contributed by atoms with Crippen LogP contribution in [0.3, 0.4) is 0 Å². The van der Waals surface area contributed by atoms with Crippen LogP contribution in [-0.2, 0) is 11.3 Å². The second-order valence-corrected chi connectivity index (χ2v) is 6.64. The van der Waals surface area contributed by atoms with Gasteiger partial charge in [0.25, 0.3) is 0 Å². The normalized spacial score (nSPS) is 10.1. The Balaban J connectivity index is 2.03. The lowest BCUT2D eigenvalue weighted by molar-refractivity contribution is -0.138. The average molecular weight is 427 g/mol. The van der Waals surface area contributed by atoms with Gasteiger partial charge in [-0.2, -0.15) is 0 Å². The molecule has 0 saturated carbocycles. The third kappa shape index (κ3) is 7.81. The molecule has 9 heteroatoms. The summed E-state index contributed by atoms with van der Waals surface area (Å²) in [5, 5.41) is 24.2. The van der Waals surface area contributed by atoms with Crippen molar-refractivity contribution in [2.45, 2.75) is 19.9 Å². The van der Waals surface area contributed by atoms with Gasteiger partial charge in [-0.15, -0.1) is 0 Å². The van der Waals surface area contributed by atoms with Crippen LogP contribution in [0, 0.1) is 10.8 Å². The van der Waals surface area contributed by atoms with E-state index in [4.69, 9.17) is 25.0 Å². The zero-order chi connectivity index (χ0) is 22.8. The van der Waals surface area contributed by atoms with Crippen molar-refractivity contribution < 1.29 is 28.9 Å². The molecule has 1 amide bonds. The number of rotatable bonds is 11. The number of amides is 1. The first-order chi connectivity index (χ1) is 14.8. The summed E-state index contributed by atoms with van der Waals surface area (Å²) >= 11 is 0. The van der Waals surface area contributed by atoms with Crippen LogP contribution in [0.15, 0.2) is 48.5 Å². The Kier molecular flexibility index (Phi) is 8.56. The molecule has 2 rings (SSSR count). The molecule has 2 aromatic rings. The summed E-state index contributed by atoms with van der Waals surface area (Å²) in [7, 11) is 1.52. The highest BCUT2D eigenvalue weighted by Crippen LogP contribution is 2.19. The molecule has 0 fully saturated rings. The van der Waals surface area contributed by atoms with Crippen molar-refractivity contribution in [1.82, 2.24) is 4.90 Å². The van der Waals surface area contributed by atoms with Gasteiger partial charge in [-0.1, -0.05) is 12.1 Å². The van der Waals surface area contributed by atoms with E-state index in [0.29, 0.717) is 23.5 Å². The first-order valence-corrected chi connectivity index (χ1v) is 9.45. The van der Waals surface area contributed by atoms with Crippen LogP contribution >= 0.6 is 0 Å². The lowest BCUT2D eigenvalue weighted by Crippen LogP contribution is -2.37. The predicted octanol–water partition coefficient (Wildman–Crippen LogP) is 3.61. The fourth-order valence-corrected chi connectivity index (χ4v) is 2.57. The number of carboxylic acid groups (broad SMARTS) is 1. The van der Waals surface area contributed by atoms with Crippen LogP contribution in [-0.4, -0.2) is 53.8 Å². The Labute approximate surface area is 180 Å². The van der Waals surface area contributed by atoms with E-state index in [1.54, 1.807) is 55.5 Å². The summed E-state index contributed by atoms with van der Waals surface area (Å²) < 4.78 is 15.9. The van der Waals surface area contributed by atoms with Crippen LogP contribution in [0.1, 0.15) is 18.9 Å². The fourth-order valence-electron chi connectivity index (χ4n) is 2.57. The summed E-state index contributed by atoms with van der Waals surface area (Å²) in [6.07, 6.45) is -0.493. The molecule has 0 bridgehead atoms. The van der Waals surface area contributed by atoms with Gasteiger partial charge in [0.2, 0.25) is 0 Å². The third-order valence-corrected chi connectivity index (χ3v) is 4.19. The average Bonchev–Trinajstić information content (AvgIpc) is 2.73. The zero-order valence-corrected chi connectivity index (χ0v) is 17.4. The standard InChI is InChI=1S/C22H25N3O6/c1-15(23)20(24)10-11-30-19-5-3-4-16(12-19)13-25(14-21(26)27)22(28)31-18-8-6-17(29-2)7-9-18/h3-9,12,23-24H,10-11,13-14H2,1-2H3,(H,26,27). The largest absolute Gasteiger partial charge is 0.497 e. The number of nitrogens with zero attached hydrogens (tertiary/aromatic N) is 1. The highest BCUT2D eigenvalue weighted by molar-refractivity contribution is 6.38. The molecule has 0 radical (unpaired) electrons. The van der Waals surface area contributed by atoms with Gasteiger partial charge in [0, 0.05) is 18.7 Å². The number of hydrogen-bond acceptors (Lipinski definition) is 7. The molecular weight excluding hydrogens is 402 g/mol. The van der Waals surface area contributed by atoms with Crippen molar-refractivity contribution in [3.05, 3.63) is 54.1 Å². The topological polar surface area (TPSA) is 133 Å². The van der Waals surface area contributed by atoms with Crippen LogP contribution in [0.4, 0.5) is 4.79 Å². The molecule has 0 aliphatic rings. The Morgan fingerprint density at radius 3 is 2.32 bits per heavy atom. The van der Waals surface area contributed by atoms with Crippen LogP contribution in [0.5, 0.6) is 17.2 Å². The smallest absolute Gasteiger partial charge is 0.416 e. The van der Waals surface area contributed by atoms with Gasteiger partial charge in [0.1, 0.15) is 23.8 Å². The minimum atomic E-state index is -1.17. The zero-order valence-electron chi connectivity index (χ0n) is 17.4. The van der Waals surface area contributed by atoms with Crippen molar-refractivity contribution >= 4 is 23.5 Å². The third-order valence-electron chi connectivity index (χ3n) is 4.19. The second kappa shape index (κ2) is 11.3. The summed E-state index contributed by atoms with van der Waals surface area (Å²) in [4.78, 5) is 24.8. The molecule has 0 atom stereocenters. The molecule has 0 aliphatic heterocycles. The van der Waals surface area contributed by atoms with E-state index < -0.39 is 18.6 Å². The summed E-state index contributed by atoms with van der Waals surface area (Å²) in [6, 6.07) is 13.3. The molecule has 0 aliphatic carbocycles. The quantitative estimate of drug-likeness (QED) is 0.469. The van der Waals surface area contributed by atoms with Gasteiger partial charge in [0.15, 0.2) is 0 Å². The van der Waals surface area contributed by atoms with E-state index in [0.717, 1.165) is 4.90 Å². The number of aliphatic carboxylic acids is 1. The molecule has 0 heterocycles. The van der Waals surface area contributed by atoms with E-state index in [2.05, 4.69) is 0 Å². The van der Waals surface area contributed by atoms with Gasteiger partial charge < -0.3 is 30.1 Å². The predicted molar refractivity (Wildman–Crippen MR) is 115 cm³/mol. The number of carbonyl (C=O) groups is 2. The monoisotopic (exact) mass is 427 g/mol. The highest BCUT2D eigenvalue weighted by atomic mass is 16.6. The van der Waals surface area contributed by atoms with E-state index in [-0.39, 0.29) is 30.3 Å². The van der Waals surface area contributed by atoms with Gasteiger partial charge in [-0.05, 0) is 48.9 Å². The molecule has 0 unspecified atom stereocenters. The Morgan fingerprint density at radius 1 is 1.03 bits per heavy atom. The first kappa shape index (κ1) is 23.4. The minimum Gasteiger partial charge on any atom is -0.497 e. The van der Waals surface area contributed by atoms with E-state index in [9.17, 15) is 14.7 Å². The Morgan fingerprint density at radius 2 is 1.71 bits per heavy atom. The Bertz CT molecular complexity index is 943. The maximum Gasteiger partial charge on any atom is 0.416 e. The summed E-state index contributed by atoms with van der Waals surface area (Å²) in [6.45, 7) is 1.26. The van der Waals surface area contributed by atoms with E-state index >= 15 is 0 Å². The number of carbonyl (C=O) groups excluding carboxylic acids is 1. The lowest BCUT2D eigenvalue weighted by Gasteiger charge is -2.20. The van der Waals surface area contributed by atoms with Crippen molar-refractivity contribution in [3.8, 4) is 17.2 Å². The highest BCUT2D eigenvalue weighted by Gasteiger charge is 2.20. The van der Waals surface area contributed by atoms with Crippen molar-refractivity contribution in [2.75, 3.05) is 20.3 Å². The van der Waals surface area contributed by atoms with Gasteiger partial charge >= 0.3 is 12.1 Å². The molecule has 3 N–H and O–H groups in total. The van der Waals surface area contributed by atoms with E-state index in [1.165, 1.54) is 7.11 Å². The number of benzene rings is 2. The van der Waals surface area contributed by atoms with Crippen molar-refractivity contribution in [3.63, 3.8) is 0 Å². The molecule has 164 valence electrons. The lowest BCUT2D eigenvalue weighted by atomic mass is 10.2. The number of nitrogens with one attached hydrogen (secondary N) is 2. The molecular formula is C22H25N3O6. The molecule has 9 nitrogen and oxygen atoms in total. The van der Waals surface area contributed by atoms with Crippen molar-refractivity contribution in [1.29, 1.82) is 10.8 Å². The fraction of sp³-hybridized carbons (Fsp3) is 0.273. The minimum absolute atomic E-state index is 0.00785. The van der Waals surface area contributed by atoms with Gasteiger partial charge in [0.05, 0.1) is 19.4 Å². The van der Waals surface area contributed by atoms with Crippen LogP contribution in [0.25, 0.3) is 0 Å². The SMILES string of the molecule is COc1ccc(OC(=O)N(CC(=O)O)Cc2cccc(OCCC(=N)C(C)=N)c2)cc1. The molecule has 0 saturated heterocycles. The number of hydrogen-bond donors (Lipinski definition) is 3. The van der Waals surface area contributed by atoms with Gasteiger partial charge in [-0.25, -0.2) is 4.79 Å². The summed E-state index contributed by atoms with van der Waals surface area (Å²) in [5.41, 5.74) is 1.05. The summed E-state index contributed by atoms with van der Waals surface area (Å²) in [5.74, 6) is 0.221. The van der Waals surface area contributed by atoms with Gasteiger partial charge in [-0.3, -0.25) is 9.69 Å². The maximum absolute atomic E-state index is 12.5. The van der Waals surface area contributed by atoms with Crippen LogP contribution < -0.4 is 14.2 Å². The molecule has 0 spiro atoms. The van der Waals surface area contributed by atoms with Crippen molar-refractivity contribution in [2.24, 2.45) is 0 Å².